The summed E-state index contributed by atoms with van der Waals surface area (Å²) in [6.07, 6.45) is -3.74. The Morgan fingerprint density at radius 3 is 2.37 bits per heavy atom. The maximum Gasteiger partial charge on any atom is 0.393 e. The van der Waals surface area contributed by atoms with Crippen molar-refractivity contribution in [3.63, 3.8) is 0 Å². The fourth-order valence-corrected chi connectivity index (χ4v) is 3.02. The Morgan fingerprint density at radius 1 is 1.11 bits per heavy atom. The van der Waals surface area contributed by atoms with Crippen molar-refractivity contribution in [2.24, 2.45) is 11.8 Å². The number of aromatic nitrogens is 2. The Hall–Kier alpha value is -2.91. The quantitative estimate of drug-likeness (QED) is 0.825. The van der Waals surface area contributed by atoms with Gasteiger partial charge in [0.2, 0.25) is 0 Å². The number of piperidine rings is 1. The molecule has 10 heteroatoms. The van der Waals surface area contributed by atoms with Crippen molar-refractivity contribution < 1.29 is 32.3 Å². The maximum atomic E-state index is 13.1. The molecule has 2 atom stereocenters. The first-order chi connectivity index (χ1) is 12.6. The highest BCUT2D eigenvalue weighted by Gasteiger charge is 2.47. The Bertz CT molecular complexity index is 848. The molecule has 0 spiro atoms. The Kier molecular flexibility index (Phi) is 4.90. The molecule has 144 valence electrons. The van der Waals surface area contributed by atoms with E-state index < -0.39 is 48.7 Å². The van der Waals surface area contributed by atoms with Gasteiger partial charge in [-0.3, -0.25) is 9.59 Å². The van der Waals surface area contributed by atoms with Gasteiger partial charge in [-0.25, -0.2) is 9.07 Å². The SMILES string of the molecule is O=C(O)[C@@H]1C[C@H](C(F)(F)F)CN(C(=O)c2ccn(-c3ccc(F)cc3)n2)C1. The van der Waals surface area contributed by atoms with Gasteiger partial charge in [-0.15, -0.1) is 0 Å². The lowest BCUT2D eigenvalue weighted by atomic mass is 9.88. The van der Waals surface area contributed by atoms with E-state index in [9.17, 15) is 27.2 Å². The molecular formula is C17H15F4N3O3. The van der Waals surface area contributed by atoms with Crippen molar-refractivity contribution in [2.45, 2.75) is 12.6 Å². The number of hydrogen-bond donors (Lipinski definition) is 1. The van der Waals surface area contributed by atoms with Crippen LogP contribution < -0.4 is 0 Å². The van der Waals surface area contributed by atoms with Crippen LogP contribution in [0.15, 0.2) is 36.5 Å². The van der Waals surface area contributed by atoms with E-state index in [1.54, 1.807) is 0 Å². The van der Waals surface area contributed by atoms with Crippen LogP contribution in [0.5, 0.6) is 0 Å². The van der Waals surface area contributed by atoms with E-state index in [-0.39, 0.29) is 12.2 Å². The zero-order valence-electron chi connectivity index (χ0n) is 13.9. The molecule has 0 aliphatic carbocycles. The van der Waals surface area contributed by atoms with Gasteiger partial charge in [0.05, 0.1) is 17.5 Å². The molecule has 1 aromatic heterocycles. The van der Waals surface area contributed by atoms with Crippen LogP contribution in [0.25, 0.3) is 5.69 Å². The predicted octanol–water partition coefficient (Wildman–Crippen LogP) is 2.74. The van der Waals surface area contributed by atoms with Gasteiger partial charge in [0.1, 0.15) is 5.82 Å². The number of carbonyl (C=O) groups is 2. The number of alkyl halides is 3. The molecule has 2 aromatic rings. The lowest BCUT2D eigenvalue weighted by molar-refractivity contribution is -0.191. The second-order valence-electron chi connectivity index (χ2n) is 6.34. The summed E-state index contributed by atoms with van der Waals surface area (Å²) in [5, 5.41) is 13.1. The summed E-state index contributed by atoms with van der Waals surface area (Å²) in [5.74, 6) is -5.81. The number of hydrogen-bond acceptors (Lipinski definition) is 3. The number of carbonyl (C=O) groups excluding carboxylic acids is 1. The topological polar surface area (TPSA) is 75.4 Å². The van der Waals surface area contributed by atoms with Crippen molar-refractivity contribution in [3.8, 4) is 5.69 Å². The molecule has 1 amide bonds. The number of carboxylic acid groups (broad SMARTS) is 1. The van der Waals surface area contributed by atoms with Crippen LogP contribution in [0.1, 0.15) is 16.9 Å². The molecule has 1 N–H and O–H groups in total. The summed E-state index contributed by atoms with van der Waals surface area (Å²) in [5.41, 5.74) is 0.344. The Labute approximate surface area is 151 Å². The summed E-state index contributed by atoms with van der Waals surface area (Å²) in [4.78, 5) is 24.6. The second kappa shape index (κ2) is 7.01. The minimum Gasteiger partial charge on any atom is -0.481 e. The van der Waals surface area contributed by atoms with Gasteiger partial charge in [0, 0.05) is 19.3 Å². The fourth-order valence-electron chi connectivity index (χ4n) is 3.02. The van der Waals surface area contributed by atoms with E-state index in [1.165, 1.54) is 41.2 Å². The van der Waals surface area contributed by atoms with Crippen LogP contribution in [-0.2, 0) is 4.79 Å². The van der Waals surface area contributed by atoms with Gasteiger partial charge >= 0.3 is 12.1 Å². The molecule has 2 heterocycles. The minimum atomic E-state index is -4.60. The monoisotopic (exact) mass is 385 g/mol. The van der Waals surface area contributed by atoms with Crippen molar-refractivity contribution >= 4 is 11.9 Å². The molecule has 1 saturated heterocycles. The fraction of sp³-hybridized carbons (Fsp3) is 0.353. The van der Waals surface area contributed by atoms with E-state index in [2.05, 4.69) is 5.10 Å². The summed E-state index contributed by atoms with van der Waals surface area (Å²) in [6, 6.07) is 6.58. The van der Waals surface area contributed by atoms with Crippen LogP contribution in [0.3, 0.4) is 0 Å². The van der Waals surface area contributed by atoms with Crippen LogP contribution in [-0.4, -0.2) is 50.9 Å². The molecule has 6 nitrogen and oxygen atoms in total. The number of nitrogens with zero attached hydrogens (tertiary/aromatic N) is 3. The number of aliphatic carboxylic acids is 1. The molecule has 27 heavy (non-hydrogen) atoms. The number of carboxylic acids is 1. The molecule has 0 bridgehead atoms. The zero-order valence-corrected chi connectivity index (χ0v) is 13.9. The Balaban J connectivity index is 1.81. The number of likely N-dealkylation sites (tertiary alicyclic amines) is 1. The third-order valence-corrected chi connectivity index (χ3v) is 4.45. The highest BCUT2D eigenvalue weighted by atomic mass is 19.4. The third kappa shape index (κ3) is 4.09. The average molecular weight is 385 g/mol. The maximum absolute atomic E-state index is 13.1. The van der Waals surface area contributed by atoms with E-state index >= 15 is 0 Å². The molecule has 1 fully saturated rings. The van der Waals surface area contributed by atoms with E-state index in [0.717, 1.165) is 4.90 Å². The second-order valence-corrected chi connectivity index (χ2v) is 6.34. The van der Waals surface area contributed by atoms with Gasteiger partial charge in [0.25, 0.3) is 5.91 Å². The van der Waals surface area contributed by atoms with E-state index in [4.69, 9.17) is 5.11 Å². The van der Waals surface area contributed by atoms with Crippen LogP contribution >= 0.6 is 0 Å². The molecule has 0 unspecified atom stereocenters. The van der Waals surface area contributed by atoms with Crippen molar-refractivity contribution in [2.75, 3.05) is 13.1 Å². The minimum absolute atomic E-state index is 0.119. The highest BCUT2D eigenvalue weighted by Crippen LogP contribution is 2.35. The van der Waals surface area contributed by atoms with Crippen molar-refractivity contribution in [1.82, 2.24) is 14.7 Å². The van der Waals surface area contributed by atoms with Crippen LogP contribution in [0.4, 0.5) is 17.6 Å². The van der Waals surface area contributed by atoms with Crippen LogP contribution in [0, 0.1) is 17.7 Å². The standard InChI is InChI=1S/C17H15F4N3O3/c18-12-1-3-13(4-2-12)24-6-5-14(22-24)15(25)23-8-10(16(26)27)7-11(9-23)17(19,20)21/h1-6,10-11H,7-9H2,(H,26,27)/t10-,11+/m1/s1. The largest absolute Gasteiger partial charge is 0.481 e. The molecule has 1 aliphatic rings. The molecule has 1 aliphatic heterocycles. The first-order valence-corrected chi connectivity index (χ1v) is 8.05. The van der Waals surface area contributed by atoms with Gasteiger partial charge < -0.3 is 10.0 Å². The van der Waals surface area contributed by atoms with Gasteiger partial charge in [-0.1, -0.05) is 0 Å². The van der Waals surface area contributed by atoms with Crippen LogP contribution in [0.2, 0.25) is 0 Å². The summed E-state index contributed by atoms with van der Waals surface area (Å²) in [7, 11) is 0. The third-order valence-electron chi connectivity index (χ3n) is 4.45. The highest BCUT2D eigenvalue weighted by molar-refractivity contribution is 5.92. The van der Waals surface area contributed by atoms with Gasteiger partial charge in [-0.2, -0.15) is 18.3 Å². The summed E-state index contributed by atoms with van der Waals surface area (Å²) >= 11 is 0. The van der Waals surface area contributed by atoms with E-state index in [0.29, 0.717) is 5.69 Å². The average Bonchev–Trinajstić information content (AvgIpc) is 3.10. The van der Waals surface area contributed by atoms with Gasteiger partial charge in [-0.05, 0) is 36.8 Å². The zero-order chi connectivity index (χ0) is 19.8. The number of rotatable bonds is 3. The first-order valence-electron chi connectivity index (χ1n) is 8.05. The van der Waals surface area contributed by atoms with Crippen molar-refractivity contribution in [1.29, 1.82) is 0 Å². The first kappa shape index (κ1) is 18.9. The molecule has 0 radical (unpaired) electrons. The number of halogens is 4. The Morgan fingerprint density at radius 2 is 1.78 bits per heavy atom. The molecule has 1 aromatic carbocycles. The predicted molar refractivity (Wildman–Crippen MR) is 84.7 cm³/mol. The van der Waals surface area contributed by atoms with E-state index in [1.807, 2.05) is 0 Å². The van der Waals surface area contributed by atoms with Crippen molar-refractivity contribution in [3.05, 3.63) is 48.0 Å². The summed E-state index contributed by atoms with van der Waals surface area (Å²) in [6.45, 7) is -0.931. The van der Waals surface area contributed by atoms with Gasteiger partial charge in [0.15, 0.2) is 5.69 Å². The summed E-state index contributed by atoms with van der Waals surface area (Å²) < 4.78 is 53.5. The number of amides is 1. The molecule has 3 rings (SSSR count). The number of benzene rings is 1. The smallest absolute Gasteiger partial charge is 0.393 e. The lowest BCUT2D eigenvalue weighted by Crippen LogP contribution is -2.50. The lowest BCUT2D eigenvalue weighted by Gasteiger charge is -2.36. The normalized spacial score (nSPS) is 20.5. The molecule has 0 saturated carbocycles. The molecular weight excluding hydrogens is 370 g/mol.